The highest BCUT2D eigenvalue weighted by Gasteiger charge is 2.47. The first-order chi connectivity index (χ1) is 18.3. The molecule has 0 unspecified atom stereocenters. The van der Waals surface area contributed by atoms with Gasteiger partial charge in [-0.05, 0) is 40.7 Å². The molecule has 0 saturated heterocycles. The molecule has 2 aromatic carbocycles. The summed E-state index contributed by atoms with van der Waals surface area (Å²) in [6.07, 6.45) is 2.06. The van der Waals surface area contributed by atoms with E-state index in [1.54, 1.807) is 19.2 Å². The number of hydrogen-bond donors (Lipinski definition) is 0. The smallest absolute Gasteiger partial charge is 0.163 e. The van der Waals surface area contributed by atoms with Gasteiger partial charge in [-0.3, -0.25) is 9.59 Å². The molecule has 1 aliphatic heterocycles. The van der Waals surface area contributed by atoms with Crippen LogP contribution in [0.2, 0.25) is 15.1 Å². The monoisotopic (exact) mass is 588 g/mol. The molecule has 5 nitrogen and oxygen atoms in total. The summed E-state index contributed by atoms with van der Waals surface area (Å²) in [5, 5.41) is 0.996. The maximum atomic E-state index is 13.6. The highest BCUT2D eigenvalue weighted by atomic mass is 35.5. The average Bonchev–Trinajstić information content (AvgIpc) is 2.80. The fourth-order valence-electron chi connectivity index (χ4n) is 5.92. The number of carbonyl (C=O) groups is 2. The summed E-state index contributed by atoms with van der Waals surface area (Å²) in [7, 11) is 1.58. The van der Waals surface area contributed by atoms with Crippen LogP contribution in [-0.2, 0) is 20.9 Å². The van der Waals surface area contributed by atoms with E-state index in [1.807, 2.05) is 18.2 Å². The van der Waals surface area contributed by atoms with E-state index in [0.29, 0.717) is 74.9 Å². The van der Waals surface area contributed by atoms with Crippen molar-refractivity contribution in [3.63, 3.8) is 0 Å². The number of ether oxygens (including phenoxy) is 3. The number of carbonyl (C=O) groups excluding carboxylic acids is 2. The lowest BCUT2D eigenvalue weighted by molar-refractivity contribution is -0.120. The van der Waals surface area contributed by atoms with E-state index < -0.39 is 5.92 Å². The van der Waals surface area contributed by atoms with E-state index in [-0.39, 0.29) is 29.0 Å². The summed E-state index contributed by atoms with van der Waals surface area (Å²) >= 11 is 18.7. The van der Waals surface area contributed by atoms with Crippen LogP contribution in [0.3, 0.4) is 0 Å². The number of rotatable bonds is 5. The summed E-state index contributed by atoms with van der Waals surface area (Å²) in [4.78, 5) is 27.2. The van der Waals surface area contributed by atoms with Crippen molar-refractivity contribution in [1.82, 2.24) is 0 Å². The molecular formula is C31H31Cl3O5. The second-order valence-electron chi connectivity index (χ2n) is 12.1. The van der Waals surface area contributed by atoms with E-state index in [2.05, 4.69) is 27.7 Å². The molecular weight excluding hydrogens is 559 g/mol. The van der Waals surface area contributed by atoms with Crippen molar-refractivity contribution < 1.29 is 23.8 Å². The van der Waals surface area contributed by atoms with Crippen molar-refractivity contribution in [1.29, 1.82) is 0 Å². The number of allylic oxidation sites excluding steroid dienone is 4. The van der Waals surface area contributed by atoms with Gasteiger partial charge in [0, 0.05) is 53.3 Å². The van der Waals surface area contributed by atoms with Crippen molar-refractivity contribution in [2.24, 2.45) is 10.8 Å². The Bertz CT molecular complexity index is 1380. The van der Waals surface area contributed by atoms with Crippen LogP contribution in [0.5, 0.6) is 11.5 Å². The van der Waals surface area contributed by atoms with E-state index >= 15 is 0 Å². The van der Waals surface area contributed by atoms with Crippen LogP contribution in [0.4, 0.5) is 0 Å². The lowest BCUT2D eigenvalue weighted by Gasteiger charge is -2.42. The molecule has 206 valence electrons. The normalized spacial score (nSPS) is 20.4. The van der Waals surface area contributed by atoms with Crippen LogP contribution in [0.15, 0.2) is 53.0 Å². The number of halogens is 3. The maximum absolute atomic E-state index is 13.6. The highest BCUT2D eigenvalue weighted by molar-refractivity contribution is 6.40. The number of ketones is 2. The van der Waals surface area contributed by atoms with Gasteiger partial charge in [-0.1, -0.05) is 68.6 Å². The summed E-state index contributed by atoms with van der Waals surface area (Å²) in [6, 6.07) is 8.81. The Labute approximate surface area is 244 Å². The van der Waals surface area contributed by atoms with Crippen molar-refractivity contribution in [2.75, 3.05) is 7.11 Å². The fraction of sp³-hybridized carbons (Fsp3) is 0.419. The van der Waals surface area contributed by atoms with Crippen molar-refractivity contribution in [3.05, 3.63) is 79.2 Å². The third-order valence-corrected chi connectivity index (χ3v) is 8.33. The summed E-state index contributed by atoms with van der Waals surface area (Å²) in [5.74, 6) is 1.79. The first-order valence-corrected chi connectivity index (χ1v) is 14.1. The summed E-state index contributed by atoms with van der Waals surface area (Å²) < 4.78 is 18.0. The average molecular weight is 590 g/mol. The van der Waals surface area contributed by atoms with Crippen molar-refractivity contribution in [2.45, 2.75) is 65.9 Å². The molecule has 0 spiro atoms. The molecule has 0 bridgehead atoms. The van der Waals surface area contributed by atoms with Gasteiger partial charge in [-0.25, -0.2) is 0 Å². The van der Waals surface area contributed by atoms with Crippen LogP contribution >= 0.6 is 34.8 Å². The van der Waals surface area contributed by atoms with E-state index in [1.165, 1.54) is 0 Å². The van der Waals surface area contributed by atoms with Gasteiger partial charge in [0.05, 0.1) is 17.2 Å². The molecule has 0 aromatic heterocycles. The predicted octanol–water partition coefficient (Wildman–Crippen LogP) is 8.63. The molecule has 0 fully saturated rings. The standard InChI is InChI=1S/C31H31Cl3O5/c1-30(2)11-21(35)27-24(13-30)39-25-14-31(3,4)12-22(36)28(25)26(27)16-6-7-23(37-5)17(8-16)15-38-29-19(33)9-18(32)10-20(29)34/h6-10,26H,11-15H2,1-5H3. The van der Waals surface area contributed by atoms with Gasteiger partial charge in [0.25, 0.3) is 0 Å². The molecule has 0 amide bonds. The van der Waals surface area contributed by atoms with E-state index in [0.717, 1.165) is 11.1 Å². The Balaban J connectivity index is 1.60. The summed E-state index contributed by atoms with van der Waals surface area (Å²) in [5.41, 5.74) is 2.27. The van der Waals surface area contributed by atoms with Crippen LogP contribution in [0.1, 0.15) is 70.4 Å². The molecule has 3 aliphatic rings. The molecule has 2 aromatic rings. The third-order valence-electron chi connectivity index (χ3n) is 7.55. The minimum Gasteiger partial charge on any atom is -0.496 e. The Morgan fingerprint density at radius 3 is 1.90 bits per heavy atom. The first kappa shape index (κ1) is 28.1. The number of benzene rings is 2. The summed E-state index contributed by atoms with van der Waals surface area (Å²) in [6.45, 7) is 8.39. The van der Waals surface area contributed by atoms with Crippen LogP contribution in [0, 0.1) is 10.8 Å². The van der Waals surface area contributed by atoms with Crippen LogP contribution < -0.4 is 9.47 Å². The largest absolute Gasteiger partial charge is 0.496 e. The molecule has 5 rings (SSSR count). The number of hydrogen-bond acceptors (Lipinski definition) is 5. The quantitative estimate of drug-likeness (QED) is 0.349. The van der Waals surface area contributed by atoms with Gasteiger partial charge in [0.2, 0.25) is 0 Å². The molecule has 39 heavy (non-hydrogen) atoms. The Morgan fingerprint density at radius 1 is 0.846 bits per heavy atom. The molecule has 0 N–H and O–H groups in total. The number of Topliss-reactive ketones (excluding diaryl/α,β-unsaturated/α-hetero) is 2. The molecule has 8 heteroatoms. The molecule has 0 atom stereocenters. The van der Waals surface area contributed by atoms with Gasteiger partial charge in [-0.15, -0.1) is 0 Å². The van der Waals surface area contributed by atoms with E-state index in [9.17, 15) is 9.59 Å². The first-order valence-electron chi connectivity index (χ1n) is 12.9. The Morgan fingerprint density at radius 2 is 1.38 bits per heavy atom. The lowest BCUT2D eigenvalue weighted by Crippen LogP contribution is -2.37. The van der Waals surface area contributed by atoms with Gasteiger partial charge >= 0.3 is 0 Å². The topological polar surface area (TPSA) is 61.8 Å². The molecule has 2 aliphatic carbocycles. The minimum atomic E-state index is -0.511. The highest BCUT2D eigenvalue weighted by Crippen LogP contribution is 2.53. The fourth-order valence-corrected chi connectivity index (χ4v) is 6.84. The SMILES string of the molecule is COc1ccc(C2C3=C(CC(C)(C)CC3=O)OC3=C2C(=O)CC(C)(C)C3)cc1COc1c(Cl)cc(Cl)cc1Cl. The second-order valence-corrected chi connectivity index (χ2v) is 13.4. The number of methoxy groups -OCH3 is 1. The van der Waals surface area contributed by atoms with Gasteiger partial charge in [0.15, 0.2) is 17.3 Å². The zero-order valence-electron chi connectivity index (χ0n) is 22.7. The zero-order valence-corrected chi connectivity index (χ0v) is 24.9. The minimum absolute atomic E-state index is 0.0174. The van der Waals surface area contributed by atoms with Crippen molar-refractivity contribution >= 4 is 46.4 Å². The van der Waals surface area contributed by atoms with Crippen LogP contribution in [-0.4, -0.2) is 18.7 Å². The molecule has 0 saturated carbocycles. The Hall–Kier alpha value is -2.47. The van der Waals surface area contributed by atoms with Crippen molar-refractivity contribution in [3.8, 4) is 11.5 Å². The Kier molecular flexibility index (Phi) is 7.32. The van der Waals surface area contributed by atoms with E-state index in [4.69, 9.17) is 49.0 Å². The molecule has 0 radical (unpaired) electrons. The zero-order chi connectivity index (χ0) is 28.3. The third kappa shape index (κ3) is 5.46. The second kappa shape index (κ2) is 10.2. The van der Waals surface area contributed by atoms with Gasteiger partial charge in [0.1, 0.15) is 23.9 Å². The van der Waals surface area contributed by atoms with Gasteiger partial charge < -0.3 is 14.2 Å². The lowest BCUT2D eigenvalue weighted by atomic mass is 9.65. The van der Waals surface area contributed by atoms with Crippen LogP contribution in [0.25, 0.3) is 0 Å². The predicted molar refractivity (Wildman–Crippen MR) is 153 cm³/mol. The maximum Gasteiger partial charge on any atom is 0.163 e. The molecule has 1 heterocycles. The van der Waals surface area contributed by atoms with Gasteiger partial charge in [-0.2, -0.15) is 0 Å².